The first-order chi connectivity index (χ1) is 66.8. The summed E-state index contributed by atoms with van der Waals surface area (Å²) in [7, 11) is 0. The molecule has 21 aromatic carbocycles. The summed E-state index contributed by atoms with van der Waals surface area (Å²) in [5.74, 6) is 0. The largest absolute Gasteiger partial charge is 0.398 e. The first-order valence-electron chi connectivity index (χ1n) is 46.4. The standard InChI is InChI=1S/C48H30N2.C46H36N2.C22H18N2.C12H9Br/c1-5-19-37-29(13-1)31-15-9-11-23-41(31)49-43-27-25-36-35(45(43)33-17-3-7-21-39(33)47(37)49)26-28-44-46(36)34-18-4-8-22-40(34)48-38-20-6-2-14-30(38)32-16-10-12-24-42(32)50(44)48;1-5-17-33(18-6-1)37-25-13-15-27-41(37)47-43-31-29-40-39(45(43)35-21-9-3-10-22-35)30-32-44(46(40)36-23-11-4-12-24-36)48-42-28-16-14-26-38(42)34-19-7-2-8-20-34;23-19-13-12-18-17(21(19)15-7-3-1-4-8-15)11-14-20(24)22(18)16-9-5-2-6-10-16;13-12-9-5-4-8-11(12)10-6-2-1-3-7-10/h1-28,47-48H;1-3,5-11,13-32,47-48H,4,12H2;1-14H,23-24H2;1-9H. The number of hydrogen-bond donors (Lipinski definition) is 4. The van der Waals surface area contributed by atoms with E-state index >= 15 is 0 Å². The lowest BCUT2D eigenvalue weighted by atomic mass is 9.75. The smallest absolute Gasteiger partial charge is 0.0857 e. The van der Waals surface area contributed by atoms with Crippen LogP contribution < -0.4 is 31.9 Å². The predicted octanol–water partition coefficient (Wildman–Crippen LogP) is 35.1. The van der Waals surface area contributed by atoms with Crippen molar-refractivity contribution in [3.05, 3.63) is 524 Å². The highest BCUT2D eigenvalue weighted by molar-refractivity contribution is 9.10. The molecule has 0 bridgehead atoms. The Kier molecular flexibility index (Phi) is 22.1. The Morgan fingerprint density at radius 1 is 0.215 bits per heavy atom. The summed E-state index contributed by atoms with van der Waals surface area (Å²) in [6, 6.07) is 169. The van der Waals surface area contributed by atoms with E-state index in [1.54, 1.807) is 0 Å². The highest BCUT2D eigenvalue weighted by Gasteiger charge is 2.43. The van der Waals surface area contributed by atoms with E-state index in [2.05, 4.69) is 461 Å². The van der Waals surface area contributed by atoms with Crippen LogP contribution in [0.15, 0.2) is 496 Å². The number of benzene rings is 21. The summed E-state index contributed by atoms with van der Waals surface area (Å²) in [5, 5.41) is 15.0. The van der Waals surface area contributed by atoms with Crippen LogP contribution in [0.2, 0.25) is 0 Å². The molecule has 0 amide bonds. The SMILES string of the molecule is Brc1ccccc1-c1ccccc1.C1=CC(c2c(Nc3ccccc3-c3ccccc3)ccc3c(-c4ccccc4)c(Nc4ccccc4-c4ccccc4)ccc23)=CCC1.Nc1ccc2c(-c3ccccc3)c(N)ccc2c1-c1ccccc1.c1ccc2c(c1)-c1ccccc1N1c3ccc4c5c(ccc4c3-c3ccccc3C21)N1c2ccccc2-c2ccccc2C1c1ccccc1-5. The monoisotopic (exact) mass is 1790 g/mol. The molecule has 0 fully saturated rings. The lowest BCUT2D eigenvalue weighted by Crippen LogP contribution is -2.33. The van der Waals surface area contributed by atoms with Gasteiger partial charge < -0.3 is 31.9 Å². The highest BCUT2D eigenvalue weighted by Crippen LogP contribution is 2.63. The number of nitrogens with two attached hydrogens (primary N) is 2. The summed E-state index contributed by atoms with van der Waals surface area (Å²) in [4.78, 5) is 5.21. The first kappa shape index (κ1) is 82.6. The molecule has 0 spiro atoms. The lowest BCUT2D eigenvalue weighted by Gasteiger charge is -2.46. The van der Waals surface area contributed by atoms with Gasteiger partial charge in [0, 0.05) is 106 Å². The molecule has 4 heterocycles. The van der Waals surface area contributed by atoms with E-state index in [4.69, 9.17) is 11.5 Å². The fourth-order valence-electron chi connectivity index (χ4n) is 21.2. The first-order valence-corrected chi connectivity index (χ1v) is 47.2. The number of halogens is 1. The molecule has 135 heavy (non-hydrogen) atoms. The number of para-hydroxylation sites is 4. The molecular formula is C128H93BrN6. The Morgan fingerprint density at radius 3 is 0.926 bits per heavy atom. The number of nitrogens with one attached hydrogen (secondary N) is 2. The van der Waals surface area contributed by atoms with Crippen LogP contribution in [0.1, 0.15) is 52.7 Å². The zero-order valence-corrected chi connectivity index (χ0v) is 75.8. The van der Waals surface area contributed by atoms with Crippen molar-refractivity contribution in [2.75, 3.05) is 31.9 Å². The van der Waals surface area contributed by atoms with Gasteiger partial charge in [-0.2, -0.15) is 0 Å². The Morgan fingerprint density at radius 2 is 0.511 bits per heavy atom. The molecule has 0 saturated carbocycles. The van der Waals surface area contributed by atoms with E-state index in [0.29, 0.717) is 0 Å². The fourth-order valence-corrected chi connectivity index (χ4v) is 21.7. The third-order valence-electron chi connectivity index (χ3n) is 27.1. The average Bonchev–Trinajstić information content (AvgIpc) is 0.682. The van der Waals surface area contributed by atoms with Crippen molar-refractivity contribution >= 4 is 111 Å². The molecule has 1 aliphatic carbocycles. The summed E-state index contributed by atoms with van der Waals surface area (Å²) in [6.07, 6.45) is 9.07. The molecule has 642 valence electrons. The van der Waals surface area contributed by atoms with Crippen LogP contribution in [0, 0.1) is 0 Å². The van der Waals surface area contributed by atoms with Crippen LogP contribution in [0.5, 0.6) is 0 Å². The van der Waals surface area contributed by atoms with Gasteiger partial charge in [0.15, 0.2) is 0 Å². The van der Waals surface area contributed by atoms with Crippen LogP contribution in [0.4, 0.5) is 56.9 Å². The molecule has 0 aromatic heterocycles. The number of fused-ring (bicyclic) bond motifs is 27. The summed E-state index contributed by atoms with van der Waals surface area (Å²) >= 11 is 3.53. The average molecular weight is 1800 g/mol. The number of rotatable bonds is 11. The van der Waals surface area contributed by atoms with Crippen molar-refractivity contribution in [1.29, 1.82) is 0 Å². The van der Waals surface area contributed by atoms with Gasteiger partial charge >= 0.3 is 0 Å². The molecule has 21 aromatic rings. The molecule has 5 aliphatic rings. The minimum absolute atomic E-state index is 0.103. The Labute approximate surface area is 796 Å². The normalized spacial score (nSPS) is 13.5. The molecular weight excluding hydrogens is 1700 g/mol. The predicted molar refractivity (Wildman–Crippen MR) is 576 cm³/mol. The van der Waals surface area contributed by atoms with Crippen molar-refractivity contribution in [3.63, 3.8) is 0 Å². The summed E-state index contributed by atoms with van der Waals surface area (Å²) in [6.45, 7) is 0. The number of allylic oxidation sites excluding steroid dienone is 4. The molecule has 0 saturated heterocycles. The van der Waals surface area contributed by atoms with Gasteiger partial charge in [0.2, 0.25) is 0 Å². The molecule has 6 nitrogen and oxygen atoms in total. The quantitative estimate of drug-likeness (QED) is 0.0966. The van der Waals surface area contributed by atoms with Crippen LogP contribution >= 0.6 is 15.9 Å². The van der Waals surface area contributed by atoms with Gasteiger partial charge in [-0.15, -0.1) is 0 Å². The van der Waals surface area contributed by atoms with Crippen molar-refractivity contribution < 1.29 is 0 Å². The van der Waals surface area contributed by atoms with Gasteiger partial charge in [-0.25, -0.2) is 0 Å². The molecule has 2 atom stereocenters. The van der Waals surface area contributed by atoms with E-state index in [1.807, 2.05) is 66.7 Å². The summed E-state index contributed by atoms with van der Waals surface area (Å²) < 4.78 is 1.14. The van der Waals surface area contributed by atoms with E-state index < -0.39 is 0 Å². The van der Waals surface area contributed by atoms with Crippen LogP contribution in [-0.4, -0.2) is 0 Å². The second-order valence-electron chi connectivity index (χ2n) is 34.8. The molecule has 2 unspecified atom stereocenters. The molecule has 7 heteroatoms. The second-order valence-corrected chi connectivity index (χ2v) is 35.7. The number of anilines is 10. The van der Waals surface area contributed by atoms with Crippen molar-refractivity contribution in [3.8, 4) is 111 Å². The Bertz CT molecular complexity index is 7880. The minimum Gasteiger partial charge on any atom is -0.398 e. The molecule has 4 aliphatic heterocycles. The summed E-state index contributed by atoms with van der Waals surface area (Å²) in [5.41, 5.74) is 55.9. The Balaban J connectivity index is 0.000000112. The van der Waals surface area contributed by atoms with Crippen LogP contribution in [0.25, 0.3) is 149 Å². The van der Waals surface area contributed by atoms with Crippen molar-refractivity contribution in [2.45, 2.75) is 24.9 Å². The van der Waals surface area contributed by atoms with Gasteiger partial charge in [0.1, 0.15) is 0 Å². The van der Waals surface area contributed by atoms with Crippen LogP contribution in [-0.2, 0) is 0 Å². The topological polar surface area (TPSA) is 82.6 Å². The maximum atomic E-state index is 6.31. The van der Waals surface area contributed by atoms with E-state index in [9.17, 15) is 0 Å². The maximum Gasteiger partial charge on any atom is 0.0857 e. The van der Waals surface area contributed by atoms with Gasteiger partial charge in [-0.1, -0.05) is 441 Å². The van der Waals surface area contributed by atoms with Crippen molar-refractivity contribution in [1.82, 2.24) is 0 Å². The fraction of sp³-hybridized carbons (Fsp3) is 0.0312. The third-order valence-corrected chi connectivity index (χ3v) is 27.8. The van der Waals surface area contributed by atoms with Gasteiger partial charge in [0.25, 0.3) is 0 Å². The third kappa shape index (κ3) is 15.2. The molecule has 0 radical (unpaired) electrons. The molecule has 26 rings (SSSR count). The molecule has 6 N–H and O–H groups in total. The number of hydrogen-bond acceptors (Lipinski definition) is 6. The van der Waals surface area contributed by atoms with Gasteiger partial charge in [0.05, 0.1) is 23.5 Å². The zero-order valence-electron chi connectivity index (χ0n) is 74.3. The lowest BCUT2D eigenvalue weighted by molar-refractivity contribution is 0.802. The van der Waals surface area contributed by atoms with E-state index in [1.165, 1.54) is 167 Å². The maximum absolute atomic E-state index is 6.31. The van der Waals surface area contributed by atoms with Gasteiger partial charge in [-0.3, -0.25) is 0 Å². The van der Waals surface area contributed by atoms with Crippen LogP contribution in [0.3, 0.4) is 0 Å². The minimum atomic E-state index is 0.103. The highest BCUT2D eigenvalue weighted by atomic mass is 79.9. The van der Waals surface area contributed by atoms with E-state index in [-0.39, 0.29) is 12.1 Å². The van der Waals surface area contributed by atoms with E-state index in [0.717, 1.165) is 84.5 Å². The number of nitrogens with zero attached hydrogens (tertiary/aromatic N) is 2. The van der Waals surface area contributed by atoms with Crippen molar-refractivity contribution in [2.24, 2.45) is 0 Å². The number of nitrogen functional groups attached to an aromatic ring is 2. The zero-order chi connectivity index (χ0) is 90.2. The second kappa shape index (κ2) is 36.1. The van der Waals surface area contributed by atoms with Gasteiger partial charge in [-0.05, 0) is 201 Å². The Hall–Kier alpha value is -16.8.